The zero-order valence-corrected chi connectivity index (χ0v) is 13.7. The summed E-state index contributed by atoms with van der Waals surface area (Å²) >= 11 is 0. The molecule has 5 nitrogen and oxygen atoms in total. The third-order valence-corrected chi connectivity index (χ3v) is 3.92. The lowest BCUT2D eigenvalue weighted by atomic mass is 10.1. The van der Waals surface area contributed by atoms with Crippen molar-refractivity contribution in [1.29, 1.82) is 0 Å². The molecule has 0 aliphatic heterocycles. The van der Waals surface area contributed by atoms with E-state index < -0.39 is 0 Å². The first-order valence-corrected chi connectivity index (χ1v) is 8.10. The lowest BCUT2D eigenvalue weighted by Gasteiger charge is -2.09. The molecule has 26 heavy (non-hydrogen) atoms. The molecule has 3 aromatic carbocycles. The minimum absolute atomic E-state index is 0.0214. The summed E-state index contributed by atoms with van der Waals surface area (Å²) in [5, 5.41) is 19.7. The second kappa shape index (κ2) is 6.64. The highest BCUT2D eigenvalue weighted by Gasteiger charge is 2.14. The first kappa shape index (κ1) is 15.8. The number of phenolic OH excluding ortho intramolecular Hbond substituents is 2. The van der Waals surface area contributed by atoms with Gasteiger partial charge in [-0.3, -0.25) is 0 Å². The van der Waals surface area contributed by atoms with Gasteiger partial charge in [0.15, 0.2) is 17.5 Å². The van der Waals surface area contributed by atoms with Gasteiger partial charge in [-0.15, -0.1) is 0 Å². The van der Waals surface area contributed by atoms with Crippen LogP contribution >= 0.6 is 0 Å². The second-order valence-electron chi connectivity index (χ2n) is 5.74. The highest BCUT2D eigenvalue weighted by Crippen LogP contribution is 2.32. The molecule has 4 rings (SSSR count). The van der Waals surface area contributed by atoms with Gasteiger partial charge >= 0.3 is 0 Å². The van der Waals surface area contributed by atoms with E-state index in [1.807, 2.05) is 60.7 Å². The average molecular weight is 341 g/mol. The van der Waals surface area contributed by atoms with Crippen LogP contribution in [0.2, 0.25) is 0 Å². The first-order chi connectivity index (χ1) is 12.7. The zero-order valence-electron chi connectivity index (χ0n) is 13.7. The van der Waals surface area contributed by atoms with Crippen LogP contribution in [-0.4, -0.2) is 25.2 Å². The van der Waals surface area contributed by atoms with Gasteiger partial charge in [0.25, 0.3) is 0 Å². The van der Waals surface area contributed by atoms with Crippen LogP contribution in [0, 0.1) is 0 Å². The summed E-state index contributed by atoms with van der Waals surface area (Å²) < 4.78 is 0. The smallest absolute Gasteiger partial charge is 0.167 e. The molecule has 0 fully saturated rings. The highest BCUT2D eigenvalue weighted by molar-refractivity contribution is 5.70. The molecule has 0 amide bonds. The average Bonchev–Trinajstić information content (AvgIpc) is 2.69. The molecular weight excluding hydrogens is 326 g/mol. The van der Waals surface area contributed by atoms with Crippen molar-refractivity contribution >= 4 is 0 Å². The van der Waals surface area contributed by atoms with Crippen molar-refractivity contribution in [3.8, 4) is 45.7 Å². The molecule has 0 saturated heterocycles. The fourth-order valence-corrected chi connectivity index (χ4v) is 2.64. The van der Waals surface area contributed by atoms with Gasteiger partial charge in [0.05, 0.1) is 5.56 Å². The summed E-state index contributed by atoms with van der Waals surface area (Å²) in [7, 11) is 0. The fourth-order valence-electron chi connectivity index (χ4n) is 2.64. The zero-order chi connectivity index (χ0) is 17.9. The van der Waals surface area contributed by atoms with Crippen LogP contribution in [0.5, 0.6) is 11.5 Å². The van der Waals surface area contributed by atoms with E-state index in [-0.39, 0.29) is 11.5 Å². The Balaban J connectivity index is 1.94. The second-order valence-corrected chi connectivity index (χ2v) is 5.74. The number of hydrogen-bond donors (Lipinski definition) is 2. The van der Waals surface area contributed by atoms with Gasteiger partial charge in [-0.05, 0) is 12.1 Å². The fraction of sp³-hybridized carbons (Fsp3) is 0. The normalized spacial score (nSPS) is 10.6. The number of phenols is 2. The van der Waals surface area contributed by atoms with Crippen LogP contribution in [0.3, 0.4) is 0 Å². The molecular formula is C21H15N3O2. The predicted octanol–water partition coefficient (Wildman–Crippen LogP) is 4.28. The lowest BCUT2D eigenvalue weighted by molar-refractivity contribution is 0.451. The first-order valence-electron chi connectivity index (χ1n) is 8.10. The minimum Gasteiger partial charge on any atom is -0.508 e. The molecule has 0 saturated carbocycles. The third kappa shape index (κ3) is 3.10. The van der Waals surface area contributed by atoms with Gasteiger partial charge in [0, 0.05) is 17.2 Å². The monoisotopic (exact) mass is 341 g/mol. The van der Waals surface area contributed by atoms with Gasteiger partial charge in [0.2, 0.25) is 0 Å². The Morgan fingerprint density at radius 2 is 1.04 bits per heavy atom. The topological polar surface area (TPSA) is 79.1 Å². The van der Waals surface area contributed by atoms with Crippen molar-refractivity contribution in [1.82, 2.24) is 15.0 Å². The number of benzene rings is 3. The summed E-state index contributed by atoms with van der Waals surface area (Å²) in [5.41, 5.74) is 2.14. The molecule has 1 aromatic heterocycles. The van der Waals surface area contributed by atoms with Crippen molar-refractivity contribution in [2.24, 2.45) is 0 Å². The molecule has 0 spiro atoms. The summed E-state index contributed by atoms with van der Waals surface area (Å²) in [6.45, 7) is 0. The van der Waals surface area contributed by atoms with E-state index in [1.165, 1.54) is 12.1 Å². The molecule has 0 aliphatic rings. The molecule has 0 atom stereocenters. The molecule has 0 aliphatic carbocycles. The van der Waals surface area contributed by atoms with E-state index in [1.54, 1.807) is 6.07 Å². The summed E-state index contributed by atoms with van der Waals surface area (Å²) in [5.74, 6) is 1.26. The van der Waals surface area contributed by atoms with Crippen LogP contribution in [0.4, 0.5) is 0 Å². The largest absolute Gasteiger partial charge is 0.508 e. The summed E-state index contributed by atoms with van der Waals surface area (Å²) in [6.07, 6.45) is 0. The Labute approximate surface area is 150 Å². The van der Waals surface area contributed by atoms with Crippen LogP contribution in [0.15, 0.2) is 78.9 Å². The third-order valence-electron chi connectivity index (χ3n) is 3.92. The van der Waals surface area contributed by atoms with Gasteiger partial charge in [-0.25, -0.2) is 15.0 Å². The Morgan fingerprint density at radius 1 is 0.538 bits per heavy atom. The maximum absolute atomic E-state index is 10.2. The van der Waals surface area contributed by atoms with Crippen molar-refractivity contribution in [3.05, 3.63) is 78.9 Å². The Kier molecular flexibility index (Phi) is 4.03. The highest BCUT2D eigenvalue weighted by atomic mass is 16.3. The van der Waals surface area contributed by atoms with Gasteiger partial charge in [-0.1, -0.05) is 60.7 Å². The SMILES string of the molecule is Oc1ccc(-c2nc(-c3ccccc3)nc(-c3ccccc3)n2)c(O)c1. The molecule has 0 bridgehead atoms. The van der Waals surface area contributed by atoms with E-state index in [0.29, 0.717) is 23.0 Å². The molecule has 4 aromatic rings. The Hall–Kier alpha value is -3.73. The number of rotatable bonds is 3. The van der Waals surface area contributed by atoms with E-state index in [0.717, 1.165) is 11.1 Å². The van der Waals surface area contributed by atoms with Crippen LogP contribution in [-0.2, 0) is 0 Å². The Morgan fingerprint density at radius 3 is 1.54 bits per heavy atom. The van der Waals surface area contributed by atoms with Crippen LogP contribution < -0.4 is 0 Å². The van der Waals surface area contributed by atoms with Crippen molar-refractivity contribution in [2.75, 3.05) is 0 Å². The molecule has 126 valence electrons. The number of aromatic hydroxyl groups is 2. The van der Waals surface area contributed by atoms with Crippen molar-refractivity contribution in [3.63, 3.8) is 0 Å². The van der Waals surface area contributed by atoms with E-state index in [2.05, 4.69) is 15.0 Å². The Bertz CT molecular complexity index is 994. The standard InChI is InChI=1S/C21H15N3O2/c25-16-11-12-17(18(26)13-16)21-23-19(14-7-3-1-4-8-14)22-20(24-21)15-9-5-2-6-10-15/h1-13,25-26H. The minimum atomic E-state index is -0.0887. The van der Waals surface area contributed by atoms with E-state index in [4.69, 9.17) is 0 Å². The van der Waals surface area contributed by atoms with Crippen LogP contribution in [0.25, 0.3) is 34.2 Å². The van der Waals surface area contributed by atoms with E-state index >= 15 is 0 Å². The molecule has 0 radical (unpaired) electrons. The van der Waals surface area contributed by atoms with Gasteiger partial charge < -0.3 is 10.2 Å². The summed E-state index contributed by atoms with van der Waals surface area (Å²) in [6, 6.07) is 23.5. The quantitative estimate of drug-likeness (QED) is 0.581. The molecule has 2 N–H and O–H groups in total. The molecule has 0 unspecified atom stereocenters. The van der Waals surface area contributed by atoms with Gasteiger partial charge in [-0.2, -0.15) is 0 Å². The maximum Gasteiger partial charge on any atom is 0.167 e. The van der Waals surface area contributed by atoms with E-state index in [9.17, 15) is 10.2 Å². The molecule has 5 heteroatoms. The van der Waals surface area contributed by atoms with Crippen LogP contribution in [0.1, 0.15) is 0 Å². The lowest BCUT2D eigenvalue weighted by Crippen LogP contribution is -2.00. The van der Waals surface area contributed by atoms with Crippen molar-refractivity contribution in [2.45, 2.75) is 0 Å². The number of nitrogens with zero attached hydrogens (tertiary/aromatic N) is 3. The maximum atomic E-state index is 10.2. The number of aromatic nitrogens is 3. The van der Waals surface area contributed by atoms with Gasteiger partial charge in [0.1, 0.15) is 11.5 Å². The van der Waals surface area contributed by atoms with Crippen molar-refractivity contribution < 1.29 is 10.2 Å². The molecule has 1 heterocycles. The summed E-state index contributed by atoms with van der Waals surface area (Å²) in [4.78, 5) is 13.6. The predicted molar refractivity (Wildman–Crippen MR) is 99.5 cm³/mol. The number of hydrogen-bond acceptors (Lipinski definition) is 5.